The highest BCUT2D eigenvalue weighted by Crippen LogP contribution is 2.40. The Morgan fingerprint density at radius 3 is 2.11 bits per heavy atom. The second kappa shape index (κ2) is 13.3. The van der Waals surface area contributed by atoms with Gasteiger partial charge < -0.3 is 19.3 Å². The van der Waals surface area contributed by atoms with Gasteiger partial charge in [0.2, 0.25) is 5.67 Å². The molecule has 7 heteroatoms. The summed E-state index contributed by atoms with van der Waals surface area (Å²) in [5.74, 6) is -0.886. The molecule has 1 fully saturated rings. The Balaban J connectivity index is 1.53. The highest BCUT2D eigenvalue weighted by molar-refractivity contribution is 5.91. The summed E-state index contributed by atoms with van der Waals surface area (Å²) in [5, 5.41) is 9.68. The quantitative estimate of drug-likeness (QED) is 0.239. The van der Waals surface area contributed by atoms with Gasteiger partial charge >= 0.3 is 11.9 Å². The summed E-state index contributed by atoms with van der Waals surface area (Å²) in [5.41, 5.74) is -1.81. The van der Waals surface area contributed by atoms with Gasteiger partial charge in [0.15, 0.2) is 0 Å². The minimum absolute atomic E-state index is 0.0541. The molecular formula is C29H37FO6. The van der Waals surface area contributed by atoms with E-state index >= 15 is 4.39 Å². The molecule has 0 saturated heterocycles. The number of esters is 1. The molecule has 36 heavy (non-hydrogen) atoms. The van der Waals surface area contributed by atoms with Gasteiger partial charge in [0.1, 0.15) is 17.2 Å². The molecule has 1 saturated carbocycles. The highest BCUT2D eigenvalue weighted by Gasteiger charge is 2.47. The number of alkyl halides is 1. The zero-order valence-corrected chi connectivity index (χ0v) is 21.2. The number of carbonyl (C=O) groups excluding carboxylic acids is 1. The molecule has 0 spiro atoms. The van der Waals surface area contributed by atoms with E-state index in [1.807, 2.05) is 13.8 Å². The van der Waals surface area contributed by atoms with E-state index in [9.17, 15) is 14.7 Å². The fourth-order valence-electron chi connectivity index (χ4n) is 4.62. The van der Waals surface area contributed by atoms with Crippen molar-refractivity contribution < 1.29 is 33.3 Å². The van der Waals surface area contributed by atoms with Crippen LogP contribution >= 0.6 is 0 Å². The number of carbonyl (C=O) groups is 2. The summed E-state index contributed by atoms with van der Waals surface area (Å²) < 4.78 is 32.4. The zero-order chi connectivity index (χ0) is 26.0. The van der Waals surface area contributed by atoms with Crippen LogP contribution in [0.15, 0.2) is 48.5 Å². The van der Waals surface area contributed by atoms with Gasteiger partial charge in [0, 0.05) is 5.92 Å². The second-order valence-electron chi connectivity index (χ2n) is 9.53. The number of hydrogen-bond acceptors (Lipinski definition) is 5. The van der Waals surface area contributed by atoms with Gasteiger partial charge in [-0.3, -0.25) is 0 Å². The molecule has 0 radical (unpaired) electrons. The van der Waals surface area contributed by atoms with E-state index in [2.05, 4.69) is 0 Å². The van der Waals surface area contributed by atoms with Crippen LogP contribution in [0.25, 0.3) is 0 Å². The SMILES string of the molecule is CCCOc1ccc(C(=O)Oc2ccc(OCC(CC)C[C@@](F)(C(=O)O)C3CCCCC3)cc2)cc1. The fourth-order valence-corrected chi connectivity index (χ4v) is 4.62. The Bertz CT molecular complexity index is 968. The second-order valence-corrected chi connectivity index (χ2v) is 9.53. The first-order valence-corrected chi connectivity index (χ1v) is 13.0. The van der Waals surface area contributed by atoms with Crippen molar-refractivity contribution in [2.45, 2.75) is 70.9 Å². The van der Waals surface area contributed by atoms with E-state index in [4.69, 9.17) is 14.2 Å². The van der Waals surface area contributed by atoms with Crippen molar-refractivity contribution in [3.05, 3.63) is 54.1 Å². The first-order valence-electron chi connectivity index (χ1n) is 13.0. The van der Waals surface area contributed by atoms with Gasteiger partial charge in [0.05, 0.1) is 18.8 Å². The number of aliphatic carboxylic acids is 1. The van der Waals surface area contributed by atoms with Crippen molar-refractivity contribution in [3.63, 3.8) is 0 Å². The molecule has 0 heterocycles. The van der Waals surface area contributed by atoms with Crippen molar-refractivity contribution in [2.24, 2.45) is 11.8 Å². The van der Waals surface area contributed by atoms with Crippen LogP contribution in [0.4, 0.5) is 4.39 Å². The maximum absolute atomic E-state index is 15.6. The third kappa shape index (κ3) is 7.45. The van der Waals surface area contributed by atoms with Crippen molar-refractivity contribution in [2.75, 3.05) is 13.2 Å². The number of rotatable bonds is 13. The number of halogens is 1. The molecule has 0 amide bonds. The molecule has 1 aliphatic carbocycles. The van der Waals surface area contributed by atoms with E-state index in [1.165, 1.54) is 0 Å². The summed E-state index contributed by atoms with van der Waals surface area (Å²) in [6.45, 7) is 4.78. The predicted octanol–water partition coefficient (Wildman–Crippen LogP) is 6.86. The lowest BCUT2D eigenvalue weighted by Crippen LogP contribution is -2.44. The monoisotopic (exact) mass is 500 g/mol. The molecule has 6 nitrogen and oxygen atoms in total. The molecule has 1 aliphatic rings. The maximum Gasteiger partial charge on any atom is 0.343 e. The maximum atomic E-state index is 15.6. The van der Waals surface area contributed by atoms with Crippen molar-refractivity contribution >= 4 is 11.9 Å². The van der Waals surface area contributed by atoms with E-state index in [1.54, 1.807) is 48.5 Å². The smallest absolute Gasteiger partial charge is 0.343 e. The fraction of sp³-hybridized carbons (Fsp3) is 0.517. The molecule has 2 atom stereocenters. The van der Waals surface area contributed by atoms with Crippen molar-refractivity contribution in [3.8, 4) is 17.2 Å². The molecule has 2 aromatic carbocycles. The summed E-state index contributed by atoms with van der Waals surface area (Å²) in [4.78, 5) is 24.3. The van der Waals surface area contributed by atoms with Gasteiger partial charge in [-0.2, -0.15) is 0 Å². The van der Waals surface area contributed by atoms with Crippen LogP contribution < -0.4 is 14.2 Å². The van der Waals surface area contributed by atoms with Crippen molar-refractivity contribution in [1.82, 2.24) is 0 Å². The van der Waals surface area contributed by atoms with Gasteiger partial charge in [0.25, 0.3) is 0 Å². The van der Waals surface area contributed by atoms with Gasteiger partial charge in [-0.1, -0.05) is 33.1 Å². The Hall–Kier alpha value is -3.09. The molecule has 1 unspecified atom stereocenters. The first-order chi connectivity index (χ1) is 17.4. The van der Waals surface area contributed by atoms with Crippen LogP contribution in [-0.4, -0.2) is 35.9 Å². The molecule has 0 bridgehead atoms. The van der Waals surface area contributed by atoms with Crippen LogP contribution in [0, 0.1) is 11.8 Å². The lowest BCUT2D eigenvalue weighted by molar-refractivity contribution is -0.158. The van der Waals surface area contributed by atoms with Gasteiger partial charge in [-0.15, -0.1) is 0 Å². The molecular weight excluding hydrogens is 463 g/mol. The van der Waals surface area contributed by atoms with E-state index in [-0.39, 0.29) is 18.9 Å². The molecule has 0 aromatic heterocycles. The summed E-state index contributed by atoms with van der Waals surface area (Å²) in [6.07, 6.45) is 5.51. The lowest BCUT2D eigenvalue weighted by atomic mass is 9.74. The Morgan fingerprint density at radius 1 is 0.944 bits per heavy atom. The largest absolute Gasteiger partial charge is 0.494 e. The van der Waals surface area contributed by atoms with E-state index < -0.39 is 23.5 Å². The zero-order valence-electron chi connectivity index (χ0n) is 21.2. The van der Waals surface area contributed by atoms with E-state index in [0.717, 1.165) is 25.7 Å². The number of carboxylic acids is 1. The molecule has 3 rings (SSSR count). The average molecular weight is 501 g/mol. The number of hydrogen-bond donors (Lipinski definition) is 1. The molecule has 196 valence electrons. The average Bonchev–Trinajstić information content (AvgIpc) is 2.91. The Morgan fingerprint density at radius 2 is 1.53 bits per heavy atom. The van der Waals surface area contributed by atoms with Crippen LogP contribution in [0.5, 0.6) is 17.2 Å². The highest BCUT2D eigenvalue weighted by atomic mass is 19.1. The molecule has 1 N–H and O–H groups in total. The number of benzene rings is 2. The summed E-state index contributed by atoms with van der Waals surface area (Å²) >= 11 is 0. The number of carboxylic acid groups (broad SMARTS) is 1. The number of ether oxygens (including phenoxy) is 3. The van der Waals surface area contributed by atoms with Crippen LogP contribution in [0.2, 0.25) is 0 Å². The third-order valence-electron chi connectivity index (χ3n) is 6.85. The minimum Gasteiger partial charge on any atom is -0.494 e. The minimum atomic E-state index is -2.22. The lowest BCUT2D eigenvalue weighted by Gasteiger charge is -2.35. The van der Waals surface area contributed by atoms with Crippen LogP contribution in [0.1, 0.15) is 75.6 Å². The third-order valence-corrected chi connectivity index (χ3v) is 6.85. The Labute approximate surface area is 212 Å². The molecule has 2 aromatic rings. The molecule has 0 aliphatic heterocycles. The van der Waals surface area contributed by atoms with Crippen LogP contribution in [0.3, 0.4) is 0 Å². The van der Waals surface area contributed by atoms with E-state index in [0.29, 0.717) is 48.7 Å². The van der Waals surface area contributed by atoms with Crippen molar-refractivity contribution in [1.29, 1.82) is 0 Å². The summed E-state index contributed by atoms with van der Waals surface area (Å²) in [6, 6.07) is 13.4. The normalized spacial score (nSPS) is 16.5. The Kier molecular flexibility index (Phi) is 10.1. The van der Waals surface area contributed by atoms with Gasteiger partial charge in [-0.05, 0) is 86.6 Å². The van der Waals surface area contributed by atoms with Gasteiger partial charge in [-0.25, -0.2) is 14.0 Å². The standard InChI is InChI=1S/C29H37FO6/c1-3-18-34-24-12-10-22(11-13-24)27(31)36-26-16-14-25(15-17-26)35-20-21(4-2)19-29(30,28(32)33)23-8-6-5-7-9-23/h10-17,21,23H,3-9,18-20H2,1-2H3,(H,32,33)/t21?,29-/m0/s1. The van der Waals surface area contributed by atoms with Crippen LogP contribution in [-0.2, 0) is 4.79 Å². The predicted molar refractivity (Wildman–Crippen MR) is 136 cm³/mol. The summed E-state index contributed by atoms with van der Waals surface area (Å²) in [7, 11) is 0. The first kappa shape index (κ1) is 27.5. The topological polar surface area (TPSA) is 82.1 Å².